The normalized spacial score (nSPS) is 24.5. The number of hydrogen-bond acceptors (Lipinski definition) is 2. The predicted octanol–water partition coefficient (Wildman–Crippen LogP) is 3.33. The molecule has 2 rings (SSSR count). The molecule has 21 heavy (non-hydrogen) atoms. The Hall–Kier alpha value is -1.42. The van der Waals surface area contributed by atoms with E-state index in [9.17, 15) is 9.18 Å². The van der Waals surface area contributed by atoms with E-state index in [0.29, 0.717) is 12.5 Å². The topological polar surface area (TPSA) is 32.3 Å². The van der Waals surface area contributed by atoms with E-state index in [1.54, 1.807) is 6.07 Å². The summed E-state index contributed by atoms with van der Waals surface area (Å²) in [7, 11) is 0. The molecule has 0 saturated carbocycles. The summed E-state index contributed by atoms with van der Waals surface area (Å²) in [5, 5.41) is 3.26. The number of hydrogen-bond donors (Lipinski definition) is 1. The van der Waals surface area contributed by atoms with Gasteiger partial charge in [0.05, 0.1) is 6.04 Å². The summed E-state index contributed by atoms with van der Waals surface area (Å²) < 4.78 is 13.5. The van der Waals surface area contributed by atoms with Crippen molar-refractivity contribution in [2.24, 2.45) is 11.3 Å². The molecule has 0 bridgehead atoms. The number of halogens is 1. The molecule has 3 nitrogen and oxygen atoms in total. The van der Waals surface area contributed by atoms with Crippen LogP contribution in [0.2, 0.25) is 0 Å². The lowest BCUT2D eigenvalue weighted by molar-refractivity contribution is -0.130. The number of nitrogens with one attached hydrogen (secondary N) is 1. The van der Waals surface area contributed by atoms with E-state index in [-0.39, 0.29) is 29.3 Å². The molecule has 0 spiro atoms. The van der Waals surface area contributed by atoms with Crippen LogP contribution < -0.4 is 5.32 Å². The lowest BCUT2D eigenvalue weighted by Crippen LogP contribution is -2.38. The zero-order chi connectivity index (χ0) is 15.8. The van der Waals surface area contributed by atoms with Crippen molar-refractivity contribution >= 4 is 5.91 Å². The Morgan fingerprint density at radius 2 is 2.05 bits per heavy atom. The van der Waals surface area contributed by atoms with Crippen molar-refractivity contribution in [2.45, 2.75) is 46.8 Å². The molecule has 3 unspecified atom stereocenters. The SMILES string of the molecule is CC1NC(c2cccc(F)c2)N(CC(C)C(C)(C)C)C1=O. The Bertz CT molecular complexity index is 524. The van der Waals surface area contributed by atoms with Crippen molar-refractivity contribution in [3.8, 4) is 0 Å². The number of nitrogens with zero attached hydrogens (tertiary/aromatic N) is 1. The van der Waals surface area contributed by atoms with Crippen LogP contribution in [0.4, 0.5) is 4.39 Å². The van der Waals surface area contributed by atoms with Crippen LogP contribution >= 0.6 is 0 Å². The van der Waals surface area contributed by atoms with E-state index in [0.717, 1.165) is 5.56 Å². The van der Waals surface area contributed by atoms with Gasteiger partial charge in [-0.1, -0.05) is 39.8 Å². The predicted molar refractivity (Wildman–Crippen MR) is 82.1 cm³/mol. The number of rotatable bonds is 3. The summed E-state index contributed by atoms with van der Waals surface area (Å²) in [4.78, 5) is 14.2. The first-order valence-electron chi connectivity index (χ1n) is 7.52. The Balaban J connectivity index is 2.25. The monoisotopic (exact) mass is 292 g/mol. The second-order valence-corrected chi connectivity index (χ2v) is 7.10. The highest BCUT2D eigenvalue weighted by Gasteiger charge is 2.39. The maximum absolute atomic E-state index is 13.5. The van der Waals surface area contributed by atoms with Crippen molar-refractivity contribution in [3.05, 3.63) is 35.6 Å². The van der Waals surface area contributed by atoms with Crippen molar-refractivity contribution in [2.75, 3.05) is 6.54 Å². The quantitative estimate of drug-likeness (QED) is 0.927. The summed E-state index contributed by atoms with van der Waals surface area (Å²) in [5.41, 5.74) is 0.923. The van der Waals surface area contributed by atoms with Crippen LogP contribution in [0.5, 0.6) is 0 Å². The highest BCUT2D eigenvalue weighted by Crippen LogP contribution is 2.31. The first kappa shape index (κ1) is 16.0. The molecule has 1 heterocycles. The van der Waals surface area contributed by atoms with Crippen molar-refractivity contribution in [1.82, 2.24) is 10.2 Å². The lowest BCUT2D eigenvalue weighted by Gasteiger charge is -2.33. The van der Waals surface area contributed by atoms with E-state index in [1.807, 2.05) is 17.9 Å². The van der Waals surface area contributed by atoms with E-state index in [2.05, 4.69) is 33.0 Å². The number of amides is 1. The van der Waals surface area contributed by atoms with Gasteiger partial charge < -0.3 is 4.90 Å². The number of carbonyl (C=O) groups is 1. The number of carbonyl (C=O) groups excluding carboxylic acids is 1. The third-order valence-corrected chi connectivity index (χ3v) is 4.49. The molecule has 1 fully saturated rings. The number of benzene rings is 1. The van der Waals surface area contributed by atoms with Gasteiger partial charge >= 0.3 is 0 Å². The highest BCUT2D eigenvalue weighted by molar-refractivity contribution is 5.84. The van der Waals surface area contributed by atoms with Gasteiger partial charge in [0.2, 0.25) is 5.91 Å². The Kier molecular flexibility index (Phi) is 4.38. The molecule has 3 atom stereocenters. The molecule has 1 N–H and O–H groups in total. The molecule has 0 aromatic heterocycles. The Morgan fingerprint density at radius 1 is 1.38 bits per heavy atom. The fourth-order valence-corrected chi connectivity index (χ4v) is 2.49. The molecule has 116 valence electrons. The first-order chi connectivity index (χ1) is 9.70. The largest absolute Gasteiger partial charge is 0.321 e. The van der Waals surface area contributed by atoms with Crippen LogP contribution in [-0.2, 0) is 4.79 Å². The Morgan fingerprint density at radius 3 is 2.62 bits per heavy atom. The molecule has 1 aromatic rings. The summed E-state index contributed by atoms with van der Waals surface area (Å²) in [5.74, 6) is 0.162. The average molecular weight is 292 g/mol. The van der Waals surface area contributed by atoms with Crippen LogP contribution in [0.25, 0.3) is 0 Å². The minimum atomic E-state index is -0.273. The second kappa shape index (κ2) is 5.76. The van der Waals surface area contributed by atoms with Crippen molar-refractivity contribution in [3.63, 3.8) is 0 Å². The molecule has 1 aliphatic rings. The zero-order valence-electron chi connectivity index (χ0n) is 13.5. The van der Waals surface area contributed by atoms with E-state index < -0.39 is 0 Å². The molecular weight excluding hydrogens is 267 g/mol. The highest BCUT2D eigenvalue weighted by atomic mass is 19.1. The van der Waals surface area contributed by atoms with Crippen LogP contribution in [0.15, 0.2) is 24.3 Å². The summed E-state index contributed by atoms with van der Waals surface area (Å²) in [6.45, 7) is 11.2. The van der Waals surface area contributed by atoms with Crippen molar-refractivity contribution in [1.29, 1.82) is 0 Å². The molecule has 1 saturated heterocycles. The molecular formula is C17H25FN2O. The van der Waals surface area contributed by atoms with Gasteiger partial charge in [-0.15, -0.1) is 0 Å². The molecule has 1 amide bonds. The first-order valence-corrected chi connectivity index (χ1v) is 7.52. The summed E-state index contributed by atoms with van der Waals surface area (Å²) in [6, 6.07) is 6.24. The van der Waals surface area contributed by atoms with Gasteiger partial charge in [-0.3, -0.25) is 10.1 Å². The fourth-order valence-electron chi connectivity index (χ4n) is 2.49. The van der Waals surface area contributed by atoms with E-state index in [1.165, 1.54) is 12.1 Å². The van der Waals surface area contributed by atoms with E-state index in [4.69, 9.17) is 0 Å². The van der Waals surface area contributed by atoms with Crippen LogP contribution in [0, 0.1) is 17.2 Å². The summed E-state index contributed by atoms with van der Waals surface area (Å²) in [6.07, 6.45) is -0.243. The fraction of sp³-hybridized carbons (Fsp3) is 0.588. The van der Waals surface area contributed by atoms with Crippen LogP contribution in [-0.4, -0.2) is 23.4 Å². The van der Waals surface area contributed by atoms with Gasteiger partial charge in [-0.2, -0.15) is 0 Å². The molecule has 4 heteroatoms. The van der Waals surface area contributed by atoms with Gasteiger partial charge in [0, 0.05) is 6.54 Å². The van der Waals surface area contributed by atoms with Gasteiger partial charge in [0.25, 0.3) is 0 Å². The standard InChI is InChI=1S/C17H25FN2O/c1-11(17(3,4)5)10-20-15(19-12(2)16(20)21)13-7-6-8-14(18)9-13/h6-9,11-12,15,19H,10H2,1-5H3. The van der Waals surface area contributed by atoms with Gasteiger partial charge in [0.15, 0.2) is 0 Å². The molecule has 1 aliphatic heterocycles. The maximum Gasteiger partial charge on any atom is 0.241 e. The van der Waals surface area contributed by atoms with Gasteiger partial charge in [-0.25, -0.2) is 4.39 Å². The van der Waals surface area contributed by atoms with Crippen LogP contribution in [0.1, 0.15) is 46.3 Å². The second-order valence-electron chi connectivity index (χ2n) is 7.10. The summed E-state index contributed by atoms with van der Waals surface area (Å²) >= 11 is 0. The smallest absolute Gasteiger partial charge is 0.241 e. The lowest BCUT2D eigenvalue weighted by atomic mass is 9.81. The third-order valence-electron chi connectivity index (χ3n) is 4.49. The Labute approximate surface area is 126 Å². The minimum Gasteiger partial charge on any atom is -0.321 e. The third kappa shape index (κ3) is 3.43. The van der Waals surface area contributed by atoms with Crippen molar-refractivity contribution < 1.29 is 9.18 Å². The minimum absolute atomic E-state index is 0.0837. The molecule has 1 aromatic carbocycles. The average Bonchev–Trinajstić information content (AvgIpc) is 2.66. The van der Waals surface area contributed by atoms with Gasteiger partial charge in [0.1, 0.15) is 12.0 Å². The molecule has 0 radical (unpaired) electrons. The maximum atomic E-state index is 13.5. The van der Waals surface area contributed by atoms with Gasteiger partial charge in [-0.05, 0) is 36.0 Å². The van der Waals surface area contributed by atoms with E-state index >= 15 is 0 Å². The molecule has 0 aliphatic carbocycles. The van der Waals surface area contributed by atoms with Crippen LogP contribution in [0.3, 0.4) is 0 Å². The zero-order valence-corrected chi connectivity index (χ0v) is 13.5.